The van der Waals surface area contributed by atoms with E-state index in [9.17, 15) is 9.90 Å². The number of carbonyl (C=O) groups excluding carboxylic acids is 1. The predicted octanol–water partition coefficient (Wildman–Crippen LogP) is 1.91. The van der Waals surface area contributed by atoms with Crippen LogP contribution in [0.1, 0.15) is 42.0 Å². The predicted molar refractivity (Wildman–Crippen MR) is 80.0 cm³/mol. The van der Waals surface area contributed by atoms with Crippen LogP contribution in [-0.2, 0) is 18.7 Å². The van der Waals surface area contributed by atoms with E-state index < -0.39 is 5.97 Å². The van der Waals surface area contributed by atoms with Gasteiger partial charge >= 0.3 is 0 Å². The molecule has 0 saturated heterocycles. The van der Waals surface area contributed by atoms with Gasteiger partial charge in [-0.2, -0.15) is 0 Å². The Morgan fingerprint density at radius 1 is 1.24 bits per heavy atom. The van der Waals surface area contributed by atoms with Crippen LogP contribution in [0.4, 0.5) is 0 Å². The van der Waals surface area contributed by atoms with E-state index in [2.05, 4.69) is 28.6 Å². The summed E-state index contributed by atoms with van der Waals surface area (Å²) >= 11 is 1.61. The molecule has 0 unspecified atom stereocenters. The summed E-state index contributed by atoms with van der Waals surface area (Å²) in [5.41, 5.74) is 1.25. The molecule has 0 amide bonds. The molecular weight excluding hydrogens is 286 g/mol. The lowest BCUT2D eigenvalue weighted by molar-refractivity contribution is -0.255. The first-order valence-electron chi connectivity index (χ1n) is 7.00. The molecule has 6 heteroatoms. The van der Waals surface area contributed by atoms with Crippen molar-refractivity contribution in [2.45, 2.75) is 44.1 Å². The fourth-order valence-corrected chi connectivity index (χ4v) is 3.01. The van der Waals surface area contributed by atoms with Crippen molar-refractivity contribution in [3.8, 4) is 0 Å². The molecule has 0 atom stereocenters. The smallest absolute Gasteiger partial charge is 0.191 e. The second-order valence-electron chi connectivity index (χ2n) is 4.67. The van der Waals surface area contributed by atoms with E-state index >= 15 is 0 Å². The number of carbonyl (C=O) groups is 1. The van der Waals surface area contributed by atoms with E-state index in [1.165, 1.54) is 0 Å². The maximum atomic E-state index is 10.7. The number of aromatic carboxylic acids is 1. The highest BCUT2D eigenvalue weighted by Gasteiger charge is 2.10. The Morgan fingerprint density at radius 2 is 1.95 bits per heavy atom. The quantitative estimate of drug-likeness (QED) is 0.731. The largest absolute Gasteiger partial charge is 0.545 e. The highest BCUT2D eigenvalue weighted by molar-refractivity contribution is 7.98. The molecule has 0 aliphatic heterocycles. The number of aromatic nitrogens is 3. The minimum Gasteiger partial charge on any atom is -0.545 e. The monoisotopic (exact) mass is 304 g/mol. The first-order valence-corrected chi connectivity index (χ1v) is 7.99. The zero-order chi connectivity index (χ0) is 15.2. The topological polar surface area (TPSA) is 70.8 Å². The van der Waals surface area contributed by atoms with Crippen molar-refractivity contribution < 1.29 is 9.90 Å². The Kier molecular flexibility index (Phi) is 5.38. The first-order chi connectivity index (χ1) is 10.2. The Morgan fingerprint density at radius 3 is 2.52 bits per heavy atom. The van der Waals surface area contributed by atoms with Gasteiger partial charge in [-0.1, -0.05) is 43.0 Å². The minimum atomic E-state index is -1.15. The summed E-state index contributed by atoms with van der Waals surface area (Å²) in [5.74, 6) is 0.608. The van der Waals surface area contributed by atoms with E-state index in [-0.39, 0.29) is 5.56 Å². The molecule has 0 saturated carbocycles. The summed E-state index contributed by atoms with van der Waals surface area (Å²) in [6, 6.07) is 6.74. The summed E-state index contributed by atoms with van der Waals surface area (Å²) < 4.78 is 2.13. The zero-order valence-electron chi connectivity index (χ0n) is 12.2. The summed E-state index contributed by atoms with van der Waals surface area (Å²) in [5, 5.41) is 20.1. The molecule has 0 N–H and O–H groups in total. The van der Waals surface area contributed by atoms with Crippen molar-refractivity contribution in [3.63, 3.8) is 0 Å². The van der Waals surface area contributed by atoms with Crippen LogP contribution in [0.15, 0.2) is 29.4 Å². The molecule has 0 aliphatic carbocycles. The molecule has 21 heavy (non-hydrogen) atoms. The first kappa shape index (κ1) is 15.6. The van der Waals surface area contributed by atoms with Crippen molar-refractivity contribution in [1.82, 2.24) is 14.8 Å². The van der Waals surface area contributed by atoms with Gasteiger partial charge in [0.15, 0.2) is 5.16 Å². The van der Waals surface area contributed by atoms with Crippen molar-refractivity contribution in [2.24, 2.45) is 0 Å². The van der Waals surface area contributed by atoms with Gasteiger partial charge in [-0.15, -0.1) is 10.2 Å². The highest BCUT2D eigenvalue weighted by Crippen LogP contribution is 2.22. The van der Waals surface area contributed by atoms with Crippen molar-refractivity contribution in [1.29, 1.82) is 0 Å². The molecular formula is C15H18N3O2S-. The third-order valence-electron chi connectivity index (χ3n) is 3.14. The van der Waals surface area contributed by atoms with Gasteiger partial charge in [0.05, 0.1) is 5.97 Å². The number of hydrogen-bond donors (Lipinski definition) is 0. The molecule has 1 aromatic carbocycles. The van der Waals surface area contributed by atoms with Gasteiger partial charge in [0, 0.05) is 18.7 Å². The van der Waals surface area contributed by atoms with E-state index in [0.29, 0.717) is 0 Å². The van der Waals surface area contributed by atoms with Crippen LogP contribution in [0, 0.1) is 0 Å². The van der Waals surface area contributed by atoms with Crippen molar-refractivity contribution >= 4 is 17.7 Å². The molecule has 112 valence electrons. The van der Waals surface area contributed by atoms with E-state index in [1.807, 2.05) is 0 Å². The number of hydrogen-bond acceptors (Lipinski definition) is 5. The van der Waals surface area contributed by atoms with E-state index in [1.54, 1.807) is 36.0 Å². The van der Waals surface area contributed by atoms with Gasteiger partial charge in [-0.25, -0.2) is 0 Å². The molecule has 2 rings (SSSR count). The van der Waals surface area contributed by atoms with Gasteiger partial charge in [0.2, 0.25) is 0 Å². The molecule has 0 radical (unpaired) electrons. The molecule has 1 heterocycles. The Bertz CT molecular complexity index is 608. The second kappa shape index (κ2) is 7.26. The maximum Gasteiger partial charge on any atom is 0.191 e. The van der Waals surface area contributed by atoms with Crippen LogP contribution in [0.3, 0.4) is 0 Å². The minimum absolute atomic E-state index is 0.200. The normalized spacial score (nSPS) is 10.8. The third-order valence-corrected chi connectivity index (χ3v) is 4.18. The summed E-state index contributed by atoms with van der Waals surface area (Å²) in [6.45, 7) is 5.07. The van der Waals surface area contributed by atoms with Gasteiger partial charge in [-0.3, -0.25) is 0 Å². The number of rotatable bonds is 7. The number of thioether (sulfide) groups is 1. The van der Waals surface area contributed by atoms with Crippen LogP contribution in [0.5, 0.6) is 0 Å². The van der Waals surface area contributed by atoms with Crippen LogP contribution in [-0.4, -0.2) is 20.7 Å². The lowest BCUT2D eigenvalue weighted by Crippen LogP contribution is -2.21. The Balaban J connectivity index is 2.04. The van der Waals surface area contributed by atoms with Crippen LogP contribution < -0.4 is 5.11 Å². The fourth-order valence-electron chi connectivity index (χ4n) is 2.04. The SMILES string of the molecule is CCCc1nnc(SCc2ccc(C(=O)[O-])cc2)n1CC. The van der Waals surface area contributed by atoms with Gasteiger partial charge in [-0.05, 0) is 24.5 Å². The number of carboxylic acids is 1. The van der Waals surface area contributed by atoms with Crippen LogP contribution in [0.25, 0.3) is 0 Å². The van der Waals surface area contributed by atoms with Crippen molar-refractivity contribution in [3.05, 3.63) is 41.2 Å². The molecule has 1 aromatic heterocycles. The number of carboxylic acid groups (broad SMARTS) is 1. The summed E-state index contributed by atoms with van der Waals surface area (Å²) in [6.07, 6.45) is 1.98. The number of aryl methyl sites for hydroxylation is 1. The standard InChI is InChI=1S/C15H19N3O2S/c1-3-5-13-16-17-15(18(13)4-2)21-10-11-6-8-12(9-7-11)14(19)20/h6-9H,3-5,10H2,1-2H3,(H,19,20)/p-1. The lowest BCUT2D eigenvalue weighted by Gasteiger charge is -2.07. The van der Waals surface area contributed by atoms with Crippen molar-refractivity contribution in [2.75, 3.05) is 0 Å². The maximum absolute atomic E-state index is 10.7. The molecule has 2 aromatic rings. The average Bonchev–Trinajstić information content (AvgIpc) is 2.88. The number of nitrogens with zero attached hydrogens (tertiary/aromatic N) is 3. The average molecular weight is 304 g/mol. The summed E-state index contributed by atoms with van der Waals surface area (Å²) in [7, 11) is 0. The zero-order valence-corrected chi connectivity index (χ0v) is 13.0. The van der Waals surface area contributed by atoms with E-state index in [4.69, 9.17) is 0 Å². The van der Waals surface area contributed by atoms with Crippen LogP contribution >= 0.6 is 11.8 Å². The number of benzene rings is 1. The highest BCUT2D eigenvalue weighted by atomic mass is 32.2. The Labute approximate surface area is 128 Å². The second-order valence-corrected chi connectivity index (χ2v) is 5.61. The molecule has 0 aliphatic rings. The van der Waals surface area contributed by atoms with E-state index in [0.717, 1.165) is 41.7 Å². The third kappa shape index (κ3) is 3.85. The van der Waals surface area contributed by atoms with Gasteiger partial charge < -0.3 is 14.5 Å². The van der Waals surface area contributed by atoms with Gasteiger partial charge in [0.25, 0.3) is 0 Å². The lowest BCUT2D eigenvalue weighted by atomic mass is 10.1. The van der Waals surface area contributed by atoms with Gasteiger partial charge in [0.1, 0.15) is 5.82 Å². The van der Waals surface area contributed by atoms with Crippen LogP contribution in [0.2, 0.25) is 0 Å². The molecule has 5 nitrogen and oxygen atoms in total. The Hall–Kier alpha value is -1.82. The summed E-state index contributed by atoms with van der Waals surface area (Å²) in [4.78, 5) is 10.7. The molecule has 0 spiro atoms. The fraction of sp³-hybridized carbons (Fsp3) is 0.400. The molecule has 0 bridgehead atoms. The molecule has 0 fully saturated rings.